The Labute approximate surface area is 116 Å². The molecule has 2 N–H and O–H groups in total. The van der Waals surface area contributed by atoms with Gasteiger partial charge in [-0.1, -0.05) is 29.3 Å². The van der Waals surface area contributed by atoms with Crippen molar-refractivity contribution in [3.8, 4) is 0 Å². The van der Waals surface area contributed by atoms with Crippen LogP contribution >= 0.6 is 23.2 Å². The second-order valence-electron chi connectivity index (χ2n) is 4.75. The highest BCUT2D eigenvalue weighted by atomic mass is 35.5. The van der Waals surface area contributed by atoms with E-state index in [-0.39, 0.29) is 18.9 Å². The Hall–Kier alpha value is -0.770. The first-order valence-electron chi connectivity index (χ1n) is 5.90. The van der Waals surface area contributed by atoms with Gasteiger partial charge in [0.05, 0.1) is 18.6 Å². The molecule has 0 heterocycles. The number of aliphatic hydroxyl groups excluding tert-OH is 1. The quantitative estimate of drug-likeness (QED) is 0.894. The molecule has 2 rings (SSSR count). The van der Waals surface area contributed by atoms with Crippen molar-refractivity contribution in [2.24, 2.45) is 0 Å². The highest BCUT2D eigenvalue weighted by molar-refractivity contribution is 6.35. The smallest absolute Gasteiger partial charge is 0.224 e. The zero-order valence-corrected chi connectivity index (χ0v) is 11.4. The molecule has 0 atom stereocenters. The first-order valence-corrected chi connectivity index (χ1v) is 6.66. The van der Waals surface area contributed by atoms with E-state index in [0.717, 1.165) is 24.8 Å². The molecule has 1 aliphatic carbocycles. The largest absolute Gasteiger partial charge is 0.394 e. The van der Waals surface area contributed by atoms with Crippen molar-refractivity contribution < 1.29 is 9.90 Å². The zero-order valence-electron chi connectivity index (χ0n) is 9.88. The van der Waals surface area contributed by atoms with Crippen molar-refractivity contribution in [1.29, 1.82) is 0 Å². The Bertz CT molecular complexity index is 453. The third-order valence-corrected chi connectivity index (χ3v) is 3.97. The summed E-state index contributed by atoms with van der Waals surface area (Å²) in [4.78, 5) is 11.9. The van der Waals surface area contributed by atoms with Gasteiger partial charge in [0.15, 0.2) is 0 Å². The average Bonchev–Trinajstić information content (AvgIpc) is 2.27. The molecule has 1 aromatic rings. The number of rotatable bonds is 4. The van der Waals surface area contributed by atoms with Gasteiger partial charge in [0.25, 0.3) is 0 Å². The van der Waals surface area contributed by atoms with Crippen LogP contribution in [0.1, 0.15) is 24.8 Å². The summed E-state index contributed by atoms with van der Waals surface area (Å²) in [6.07, 6.45) is 2.92. The van der Waals surface area contributed by atoms with Crippen molar-refractivity contribution >= 4 is 29.1 Å². The molecule has 0 aliphatic heterocycles. The summed E-state index contributed by atoms with van der Waals surface area (Å²) >= 11 is 11.8. The maximum Gasteiger partial charge on any atom is 0.224 e. The standard InChI is InChI=1S/C13H15Cl2NO2/c14-10-3-2-9(11(15)7-10)6-12(18)16-13(8-17)4-1-5-13/h2-3,7,17H,1,4-6,8H2,(H,16,18). The number of aliphatic hydroxyl groups is 1. The van der Waals surface area contributed by atoms with E-state index in [1.807, 2.05) is 0 Å². The molecule has 3 nitrogen and oxygen atoms in total. The van der Waals surface area contributed by atoms with Gasteiger partial charge in [-0.3, -0.25) is 4.79 Å². The second-order valence-corrected chi connectivity index (χ2v) is 5.60. The first-order chi connectivity index (χ1) is 8.54. The van der Waals surface area contributed by atoms with Crippen molar-refractivity contribution in [1.82, 2.24) is 5.32 Å². The fourth-order valence-corrected chi connectivity index (χ4v) is 2.58. The van der Waals surface area contributed by atoms with Crippen LogP contribution in [0, 0.1) is 0 Å². The molecule has 0 unspecified atom stereocenters. The molecule has 18 heavy (non-hydrogen) atoms. The van der Waals surface area contributed by atoms with Gasteiger partial charge < -0.3 is 10.4 Å². The highest BCUT2D eigenvalue weighted by Gasteiger charge is 2.37. The summed E-state index contributed by atoms with van der Waals surface area (Å²) in [5.41, 5.74) is 0.335. The predicted octanol–water partition coefficient (Wildman–Crippen LogP) is 2.57. The van der Waals surface area contributed by atoms with E-state index >= 15 is 0 Å². The molecule has 1 fully saturated rings. The van der Waals surface area contributed by atoms with Crippen LogP contribution in [0.15, 0.2) is 18.2 Å². The molecule has 98 valence electrons. The Morgan fingerprint density at radius 3 is 2.61 bits per heavy atom. The van der Waals surface area contributed by atoms with Gasteiger partial charge in [-0.25, -0.2) is 0 Å². The summed E-state index contributed by atoms with van der Waals surface area (Å²) in [5, 5.41) is 13.2. The fourth-order valence-electron chi connectivity index (χ4n) is 2.10. The van der Waals surface area contributed by atoms with Crippen LogP contribution < -0.4 is 5.32 Å². The summed E-state index contributed by atoms with van der Waals surface area (Å²) in [6.45, 7) is -0.00686. The number of hydrogen-bond acceptors (Lipinski definition) is 2. The lowest BCUT2D eigenvalue weighted by molar-refractivity contribution is -0.124. The number of carbonyl (C=O) groups excluding carboxylic acids is 1. The van der Waals surface area contributed by atoms with Gasteiger partial charge in [-0.15, -0.1) is 0 Å². The maximum absolute atomic E-state index is 11.9. The van der Waals surface area contributed by atoms with Gasteiger partial charge >= 0.3 is 0 Å². The minimum Gasteiger partial charge on any atom is -0.394 e. The first kappa shape index (κ1) is 13.7. The maximum atomic E-state index is 11.9. The lowest BCUT2D eigenvalue weighted by Gasteiger charge is -2.41. The summed E-state index contributed by atoms with van der Waals surface area (Å²) < 4.78 is 0. The van der Waals surface area contributed by atoms with Gasteiger partial charge in [0, 0.05) is 10.0 Å². The van der Waals surface area contributed by atoms with E-state index in [4.69, 9.17) is 23.2 Å². The summed E-state index contributed by atoms with van der Waals surface area (Å²) in [5.74, 6) is -0.118. The third-order valence-electron chi connectivity index (χ3n) is 3.38. The molecule has 1 amide bonds. The monoisotopic (exact) mass is 287 g/mol. The van der Waals surface area contributed by atoms with Crippen molar-refractivity contribution in [3.05, 3.63) is 33.8 Å². The SMILES string of the molecule is O=C(Cc1ccc(Cl)cc1Cl)NC1(CO)CCC1. The summed E-state index contributed by atoms with van der Waals surface area (Å²) in [7, 11) is 0. The molecular weight excluding hydrogens is 273 g/mol. The Morgan fingerprint density at radius 2 is 2.11 bits per heavy atom. The van der Waals surface area contributed by atoms with Crippen LogP contribution in [0.5, 0.6) is 0 Å². The number of carbonyl (C=O) groups is 1. The minimum atomic E-state index is -0.407. The van der Waals surface area contributed by atoms with Crippen LogP contribution in [-0.2, 0) is 11.2 Å². The van der Waals surface area contributed by atoms with Gasteiger partial charge in [0.2, 0.25) is 5.91 Å². The topological polar surface area (TPSA) is 49.3 Å². The lowest BCUT2D eigenvalue weighted by atomic mass is 9.77. The van der Waals surface area contributed by atoms with E-state index in [0.29, 0.717) is 10.0 Å². The van der Waals surface area contributed by atoms with Crippen LogP contribution in [0.2, 0.25) is 10.0 Å². The number of amides is 1. The van der Waals surface area contributed by atoms with E-state index in [2.05, 4.69) is 5.32 Å². The van der Waals surface area contributed by atoms with Crippen molar-refractivity contribution in [3.63, 3.8) is 0 Å². The number of hydrogen-bond donors (Lipinski definition) is 2. The van der Waals surface area contributed by atoms with Crippen LogP contribution in [0.3, 0.4) is 0 Å². The Morgan fingerprint density at radius 1 is 1.39 bits per heavy atom. The van der Waals surface area contributed by atoms with Crippen molar-refractivity contribution in [2.75, 3.05) is 6.61 Å². The number of halogens is 2. The van der Waals surface area contributed by atoms with Crippen LogP contribution in [0.25, 0.3) is 0 Å². The van der Waals surface area contributed by atoms with Gasteiger partial charge in [0.1, 0.15) is 0 Å². The number of nitrogens with one attached hydrogen (secondary N) is 1. The Kier molecular flexibility index (Phi) is 4.15. The molecule has 0 bridgehead atoms. The molecule has 1 saturated carbocycles. The Balaban J connectivity index is 1.98. The molecule has 1 aliphatic rings. The fraction of sp³-hybridized carbons (Fsp3) is 0.462. The zero-order chi connectivity index (χ0) is 13.2. The van der Waals surface area contributed by atoms with E-state index in [1.54, 1.807) is 18.2 Å². The molecule has 0 spiro atoms. The van der Waals surface area contributed by atoms with Crippen molar-refractivity contribution in [2.45, 2.75) is 31.2 Å². The lowest BCUT2D eigenvalue weighted by Crippen LogP contribution is -2.56. The number of benzene rings is 1. The van der Waals surface area contributed by atoms with Crippen LogP contribution in [-0.4, -0.2) is 23.2 Å². The molecule has 1 aromatic carbocycles. The third kappa shape index (κ3) is 2.97. The molecule has 5 heteroatoms. The minimum absolute atomic E-state index is 0.00686. The van der Waals surface area contributed by atoms with Gasteiger partial charge in [-0.05, 0) is 37.0 Å². The van der Waals surface area contributed by atoms with Crippen LogP contribution in [0.4, 0.5) is 0 Å². The second kappa shape index (κ2) is 5.47. The normalized spacial score (nSPS) is 17.1. The van der Waals surface area contributed by atoms with Gasteiger partial charge in [-0.2, -0.15) is 0 Å². The predicted molar refractivity (Wildman–Crippen MR) is 72.0 cm³/mol. The van der Waals surface area contributed by atoms with E-state index < -0.39 is 5.54 Å². The molecule has 0 radical (unpaired) electrons. The highest BCUT2D eigenvalue weighted by Crippen LogP contribution is 2.31. The summed E-state index contributed by atoms with van der Waals surface area (Å²) in [6, 6.07) is 5.08. The van der Waals surface area contributed by atoms with E-state index in [1.165, 1.54) is 0 Å². The average molecular weight is 288 g/mol. The van der Waals surface area contributed by atoms with E-state index in [9.17, 15) is 9.90 Å². The molecule has 0 saturated heterocycles. The molecule has 0 aromatic heterocycles. The molecular formula is C13H15Cl2NO2.